The van der Waals surface area contributed by atoms with Gasteiger partial charge in [0.2, 0.25) is 0 Å². The van der Waals surface area contributed by atoms with Crippen molar-refractivity contribution in [2.24, 2.45) is 0 Å². The molecule has 0 saturated carbocycles. The molecule has 2 aromatic rings. The van der Waals surface area contributed by atoms with Crippen LogP contribution in [-0.4, -0.2) is 49.9 Å². The third-order valence-corrected chi connectivity index (χ3v) is 4.18. The molecule has 1 aromatic carbocycles. The zero-order chi connectivity index (χ0) is 16.2. The average Bonchev–Trinajstić information content (AvgIpc) is 2.61. The third-order valence-electron chi connectivity index (χ3n) is 4.18. The van der Waals surface area contributed by atoms with Gasteiger partial charge in [-0.3, -0.25) is 0 Å². The first-order chi connectivity index (χ1) is 11.2. The Bertz CT molecular complexity index is 647. The summed E-state index contributed by atoms with van der Waals surface area (Å²) in [5.74, 6) is 2.28. The van der Waals surface area contributed by atoms with Gasteiger partial charge >= 0.3 is 0 Å². The van der Waals surface area contributed by atoms with E-state index < -0.39 is 0 Å². The molecular weight excluding hydrogens is 292 g/mol. The zero-order valence-corrected chi connectivity index (χ0v) is 13.8. The quantitative estimate of drug-likeness (QED) is 0.862. The lowest BCUT2D eigenvalue weighted by Crippen LogP contribution is -2.52. The van der Waals surface area contributed by atoms with Crippen molar-refractivity contribution < 1.29 is 9.47 Å². The second-order valence-corrected chi connectivity index (χ2v) is 5.58. The summed E-state index contributed by atoms with van der Waals surface area (Å²) in [6.07, 6.45) is 3.36. The molecule has 2 heterocycles. The highest BCUT2D eigenvalue weighted by Gasteiger charge is 2.27. The van der Waals surface area contributed by atoms with Gasteiger partial charge in [-0.05, 0) is 31.2 Å². The molecule has 1 fully saturated rings. The maximum Gasteiger partial charge on any atom is 0.257 e. The van der Waals surface area contributed by atoms with Crippen LogP contribution < -0.4 is 19.3 Å². The van der Waals surface area contributed by atoms with Gasteiger partial charge in [0.25, 0.3) is 5.88 Å². The van der Waals surface area contributed by atoms with E-state index >= 15 is 0 Å². The minimum Gasteiger partial charge on any atom is -0.497 e. The van der Waals surface area contributed by atoms with Crippen LogP contribution in [0.25, 0.3) is 0 Å². The van der Waals surface area contributed by atoms with Crippen LogP contribution in [0, 0.1) is 0 Å². The highest BCUT2D eigenvalue weighted by molar-refractivity contribution is 5.54. The van der Waals surface area contributed by atoms with Crippen molar-refractivity contribution in [3.8, 4) is 11.6 Å². The normalized spacial score (nSPS) is 18.0. The van der Waals surface area contributed by atoms with E-state index in [4.69, 9.17) is 9.47 Å². The Morgan fingerprint density at radius 3 is 2.39 bits per heavy atom. The molecule has 122 valence electrons. The van der Waals surface area contributed by atoms with Crippen molar-refractivity contribution >= 4 is 11.5 Å². The van der Waals surface area contributed by atoms with Gasteiger partial charge in [0, 0.05) is 43.8 Å². The third kappa shape index (κ3) is 3.16. The molecule has 0 spiro atoms. The average molecular weight is 314 g/mol. The van der Waals surface area contributed by atoms with Crippen LogP contribution in [0.4, 0.5) is 11.5 Å². The van der Waals surface area contributed by atoms with Crippen molar-refractivity contribution in [3.05, 3.63) is 36.7 Å². The first-order valence-corrected chi connectivity index (χ1v) is 7.73. The van der Waals surface area contributed by atoms with Crippen LogP contribution in [0.3, 0.4) is 0 Å². The maximum absolute atomic E-state index is 5.34. The van der Waals surface area contributed by atoms with Gasteiger partial charge in [0.05, 0.1) is 14.2 Å². The van der Waals surface area contributed by atoms with E-state index in [1.165, 1.54) is 5.69 Å². The van der Waals surface area contributed by atoms with Crippen molar-refractivity contribution in [2.45, 2.75) is 13.0 Å². The number of aromatic nitrogens is 2. The van der Waals surface area contributed by atoms with Gasteiger partial charge < -0.3 is 19.3 Å². The second-order valence-electron chi connectivity index (χ2n) is 5.58. The van der Waals surface area contributed by atoms with Gasteiger partial charge in [-0.1, -0.05) is 0 Å². The standard InChI is InChI=1S/C17H22N4O2/c1-13-12-20(14-4-6-15(22-2)7-5-14)10-11-21(13)16-17(23-3)19-9-8-18-16/h4-9,13H,10-12H2,1-3H3/t13-/m0/s1. The molecule has 6 nitrogen and oxygen atoms in total. The number of hydrogen-bond acceptors (Lipinski definition) is 6. The van der Waals surface area contributed by atoms with Gasteiger partial charge in [0.1, 0.15) is 5.75 Å². The van der Waals surface area contributed by atoms with E-state index in [1.807, 2.05) is 12.1 Å². The fraction of sp³-hybridized carbons (Fsp3) is 0.412. The summed E-state index contributed by atoms with van der Waals surface area (Å²) in [4.78, 5) is 13.3. The van der Waals surface area contributed by atoms with Crippen molar-refractivity contribution in [3.63, 3.8) is 0 Å². The number of hydrogen-bond donors (Lipinski definition) is 0. The molecular formula is C17H22N4O2. The molecule has 0 aliphatic carbocycles. The van der Waals surface area contributed by atoms with Crippen LogP contribution in [0.15, 0.2) is 36.7 Å². The number of piperazine rings is 1. The maximum atomic E-state index is 5.34. The van der Waals surface area contributed by atoms with Crippen molar-refractivity contribution in [1.82, 2.24) is 9.97 Å². The van der Waals surface area contributed by atoms with Gasteiger partial charge in [0.15, 0.2) is 5.82 Å². The first kappa shape index (κ1) is 15.4. The fourth-order valence-electron chi connectivity index (χ4n) is 2.96. The molecule has 0 bridgehead atoms. The SMILES string of the molecule is COc1ccc(N2CCN(c3nccnc3OC)[C@@H](C)C2)cc1. The number of methoxy groups -OCH3 is 2. The molecule has 1 saturated heterocycles. The van der Waals surface area contributed by atoms with Crippen LogP contribution in [0.5, 0.6) is 11.6 Å². The Kier molecular flexibility index (Phi) is 4.50. The zero-order valence-electron chi connectivity index (χ0n) is 13.8. The number of anilines is 2. The summed E-state index contributed by atoms with van der Waals surface area (Å²) in [7, 11) is 3.32. The van der Waals surface area contributed by atoms with E-state index in [0.29, 0.717) is 11.9 Å². The van der Waals surface area contributed by atoms with Crippen LogP contribution in [0.1, 0.15) is 6.92 Å². The van der Waals surface area contributed by atoms with Crippen LogP contribution in [0.2, 0.25) is 0 Å². The molecule has 1 aliphatic heterocycles. The number of ether oxygens (including phenoxy) is 2. The molecule has 0 radical (unpaired) electrons. The minimum absolute atomic E-state index is 0.316. The molecule has 1 aromatic heterocycles. The predicted molar refractivity (Wildman–Crippen MR) is 90.6 cm³/mol. The first-order valence-electron chi connectivity index (χ1n) is 7.73. The monoisotopic (exact) mass is 314 g/mol. The van der Waals surface area contributed by atoms with Gasteiger partial charge in [-0.15, -0.1) is 0 Å². The summed E-state index contributed by atoms with van der Waals surface area (Å²) in [5, 5.41) is 0. The Hall–Kier alpha value is -2.50. The second kappa shape index (κ2) is 6.73. The molecule has 0 N–H and O–H groups in total. The van der Waals surface area contributed by atoms with E-state index in [2.05, 4.69) is 38.8 Å². The Morgan fingerprint density at radius 2 is 1.74 bits per heavy atom. The largest absolute Gasteiger partial charge is 0.497 e. The lowest BCUT2D eigenvalue weighted by atomic mass is 10.1. The van der Waals surface area contributed by atoms with Gasteiger partial charge in [-0.25, -0.2) is 9.97 Å². The lowest BCUT2D eigenvalue weighted by Gasteiger charge is -2.41. The minimum atomic E-state index is 0.316. The highest BCUT2D eigenvalue weighted by Crippen LogP contribution is 2.28. The van der Waals surface area contributed by atoms with E-state index in [9.17, 15) is 0 Å². The summed E-state index contributed by atoms with van der Waals surface area (Å²) in [6, 6.07) is 8.51. The van der Waals surface area contributed by atoms with Crippen molar-refractivity contribution in [2.75, 3.05) is 43.7 Å². The van der Waals surface area contributed by atoms with Crippen molar-refractivity contribution in [1.29, 1.82) is 0 Å². The molecule has 3 rings (SSSR count). The number of rotatable bonds is 4. The van der Waals surface area contributed by atoms with E-state index in [0.717, 1.165) is 31.2 Å². The summed E-state index contributed by atoms with van der Waals surface area (Å²) >= 11 is 0. The highest BCUT2D eigenvalue weighted by atomic mass is 16.5. The van der Waals surface area contributed by atoms with Crippen LogP contribution in [-0.2, 0) is 0 Å². The fourth-order valence-corrected chi connectivity index (χ4v) is 2.96. The summed E-state index contributed by atoms with van der Waals surface area (Å²) in [5.41, 5.74) is 1.21. The Labute approximate surface area is 136 Å². The molecule has 1 aliphatic rings. The van der Waals surface area contributed by atoms with Gasteiger partial charge in [-0.2, -0.15) is 0 Å². The lowest BCUT2D eigenvalue weighted by molar-refractivity contribution is 0.392. The van der Waals surface area contributed by atoms with E-state index in [-0.39, 0.29) is 0 Å². The number of benzene rings is 1. The smallest absolute Gasteiger partial charge is 0.257 e. The molecule has 6 heteroatoms. The van der Waals surface area contributed by atoms with Crippen LogP contribution >= 0.6 is 0 Å². The summed E-state index contributed by atoms with van der Waals surface area (Å²) in [6.45, 7) is 4.93. The predicted octanol–water partition coefficient (Wildman–Crippen LogP) is 2.21. The summed E-state index contributed by atoms with van der Waals surface area (Å²) < 4.78 is 10.6. The number of nitrogens with zero attached hydrogens (tertiary/aromatic N) is 4. The topological polar surface area (TPSA) is 50.7 Å². The molecule has 0 unspecified atom stereocenters. The molecule has 1 atom stereocenters. The molecule has 0 amide bonds. The Morgan fingerprint density at radius 1 is 1.00 bits per heavy atom. The molecule has 23 heavy (non-hydrogen) atoms. The van der Waals surface area contributed by atoms with E-state index in [1.54, 1.807) is 26.6 Å². The Balaban J connectivity index is 1.74.